The number of allylic oxidation sites excluding steroid dienone is 1. The predicted molar refractivity (Wildman–Crippen MR) is 153 cm³/mol. The highest BCUT2D eigenvalue weighted by molar-refractivity contribution is 9.10. The Balaban J connectivity index is 1.51. The molecule has 0 bridgehead atoms. The minimum Gasteiger partial charge on any atom is -0.463 e. The number of halogens is 2. The minimum atomic E-state index is -0.841. The molecule has 11 heteroatoms. The molecule has 6 rings (SSSR count). The summed E-state index contributed by atoms with van der Waals surface area (Å²) in [7, 11) is 0. The zero-order chi connectivity index (χ0) is 27.3. The normalized spacial score (nSPS) is 16.3. The van der Waals surface area contributed by atoms with Crippen molar-refractivity contribution in [3.05, 3.63) is 99.8 Å². The van der Waals surface area contributed by atoms with Gasteiger partial charge < -0.3 is 18.6 Å². The Labute approximate surface area is 243 Å². The fourth-order valence-corrected chi connectivity index (χ4v) is 6.25. The number of hydrogen-bond donors (Lipinski definition) is 0. The van der Waals surface area contributed by atoms with E-state index < -0.39 is 12.0 Å². The molecule has 0 aliphatic carbocycles. The van der Waals surface area contributed by atoms with E-state index >= 15 is 0 Å². The van der Waals surface area contributed by atoms with E-state index in [0.29, 0.717) is 38.1 Å². The van der Waals surface area contributed by atoms with Crippen LogP contribution in [0.15, 0.2) is 83.0 Å². The highest BCUT2D eigenvalue weighted by atomic mass is 79.9. The number of rotatable bonds is 5. The average Bonchev–Trinajstić information content (AvgIpc) is 3.64. The van der Waals surface area contributed by atoms with E-state index in [4.69, 9.17) is 18.6 Å². The topological polar surface area (TPSA) is 92.3 Å². The summed E-state index contributed by atoms with van der Waals surface area (Å²) in [6.07, 6.45) is 1.77. The fraction of sp³-hybridized carbons (Fsp3) is 0.179. The van der Waals surface area contributed by atoms with Crippen molar-refractivity contribution in [3.8, 4) is 22.8 Å². The Hall–Kier alpha value is -3.41. The number of carbonyl (C=O) groups is 1. The lowest BCUT2D eigenvalue weighted by atomic mass is 10.0. The molecule has 0 fully saturated rings. The molecule has 198 valence electrons. The van der Waals surface area contributed by atoms with Gasteiger partial charge in [-0.25, -0.2) is 9.79 Å². The van der Waals surface area contributed by atoms with Crippen LogP contribution in [0.1, 0.15) is 31.2 Å². The number of aromatic nitrogens is 1. The molecule has 39 heavy (non-hydrogen) atoms. The van der Waals surface area contributed by atoms with E-state index in [0.717, 1.165) is 20.1 Å². The highest BCUT2D eigenvalue weighted by Crippen LogP contribution is 2.37. The summed E-state index contributed by atoms with van der Waals surface area (Å²) in [4.78, 5) is 32.1. The molecule has 8 nitrogen and oxygen atoms in total. The van der Waals surface area contributed by atoms with Crippen LogP contribution in [0.4, 0.5) is 0 Å². The predicted octanol–water partition coefficient (Wildman–Crippen LogP) is 5.31. The number of nitrogens with zero attached hydrogens (tertiary/aromatic N) is 2. The SMILES string of the molecule is CCOC(=O)C1=C(C)N=c2s/c(=C\c3cc4c(cc3Br)OCO4)c(=O)n2[C@H]1c1ccc(-c2ccc(Br)cc2)o1. The number of carbonyl (C=O) groups excluding carboxylic acids is 1. The first kappa shape index (κ1) is 25.8. The van der Waals surface area contributed by atoms with Gasteiger partial charge in [-0.1, -0.05) is 55.3 Å². The Morgan fingerprint density at radius 2 is 1.90 bits per heavy atom. The zero-order valence-electron chi connectivity index (χ0n) is 20.7. The van der Waals surface area contributed by atoms with Crippen molar-refractivity contribution in [3.63, 3.8) is 0 Å². The van der Waals surface area contributed by atoms with Gasteiger partial charge in [-0.05, 0) is 61.9 Å². The lowest BCUT2D eigenvalue weighted by molar-refractivity contribution is -0.139. The molecule has 0 amide bonds. The molecule has 0 N–H and O–H groups in total. The van der Waals surface area contributed by atoms with Gasteiger partial charge >= 0.3 is 5.97 Å². The number of esters is 1. The van der Waals surface area contributed by atoms with Gasteiger partial charge in [-0.2, -0.15) is 0 Å². The van der Waals surface area contributed by atoms with E-state index in [1.165, 1.54) is 15.9 Å². The Morgan fingerprint density at radius 3 is 2.64 bits per heavy atom. The number of furan rings is 1. The maximum atomic E-state index is 13.9. The number of hydrogen-bond acceptors (Lipinski definition) is 8. The summed E-state index contributed by atoms with van der Waals surface area (Å²) >= 11 is 8.24. The zero-order valence-corrected chi connectivity index (χ0v) is 24.7. The summed E-state index contributed by atoms with van der Waals surface area (Å²) in [6.45, 7) is 3.81. The smallest absolute Gasteiger partial charge is 0.338 e. The van der Waals surface area contributed by atoms with Crippen LogP contribution in [0.2, 0.25) is 0 Å². The number of ether oxygens (including phenoxy) is 3. The molecular formula is C28H20Br2N2O6S. The van der Waals surface area contributed by atoms with Crippen LogP contribution >= 0.6 is 43.2 Å². The second-order valence-electron chi connectivity index (χ2n) is 8.74. The largest absolute Gasteiger partial charge is 0.463 e. The van der Waals surface area contributed by atoms with Crippen molar-refractivity contribution < 1.29 is 23.4 Å². The van der Waals surface area contributed by atoms with E-state index in [9.17, 15) is 9.59 Å². The summed E-state index contributed by atoms with van der Waals surface area (Å²) in [5.41, 5.74) is 2.04. The van der Waals surface area contributed by atoms with Gasteiger partial charge in [-0.15, -0.1) is 0 Å². The molecule has 2 aliphatic heterocycles. The molecule has 0 unspecified atom stereocenters. The Bertz CT molecular complexity index is 1830. The standard InChI is InChI=1S/C28H20Br2N2O6S/c1-3-35-27(34)24-14(2)31-28-32(25(24)20-9-8-19(38-20)15-4-6-17(29)7-5-15)26(33)23(39-28)11-16-10-21-22(12-18(16)30)37-13-36-21/h4-12,25H,3,13H2,1-2H3/b23-11-/t25-/m0/s1. The summed E-state index contributed by atoms with van der Waals surface area (Å²) in [6, 6.07) is 14.1. The molecule has 4 heterocycles. The monoisotopic (exact) mass is 670 g/mol. The first-order chi connectivity index (χ1) is 18.8. The van der Waals surface area contributed by atoms with Crippen LogP contribution in [-0.2, 0) is 9.53 Å². The molecular weight excluding hydrogens is 652 g/mol. The quantitative estimate of drug-likeness (QED) is 0.267. The van der Waals surface area contributed by atoms with Crippen LogP contribution < -0.4 is 24.4 Å². The number of thiazole rings is 1. The Kier molecular flexibility index (Phi) is 6.82. The summed E-state index contributed by atoms with van der Waals surface area (Å²) < 4.78 is 26.2. The number of fused-ring (bicyclic) bond motifs is 2. The molecule has 0 radical (unpaired) electrons. The van der Waals surface area contributed by atoms with Crippen molar-refractivity contribution in [2.75, 3.05) is 13.4 Å². The number of benzene rings is 2. The average molecular weight is 672 g/mol. The third kappa shape index (κ3) is 4.68. The van der Waals surface area contributed by atoms with Gasteiger partial charge in [0.2, 0.25) is 6.79 Å². The first-order valence-corrected chi connectivity index (χ1v) is 14.4. The lowest BCUT2D eigenvalue weighted by Crippen LogP contribution is -2.39. The fourth-order valence-electron chi connectivity index (χ4n) is 4.51. The van der Waals surface area contributed by atoms with Crippen molar-refractivity contribution in [1.82, 2.24) is 4.57 Å². The first-order valence-electron chi connectivity index (χ1n) is 12.0. The maximum absolute atomic E-state index is 13.9. The van der Waals surface area contributed by atoms with Crippen LogP contribution in [0.3, 0.4) is 0 Å². The third-order valence-corrected chi connectivity index (χ3v) is 8.52. The molecule has 0 spiro atoms. The summed E-state index contributed by atoms with van der Waals surface area (Å²) in [5, 5.41) is 0. The van der Waals surface area contributed by atoms with Crippen LogP contribution in [0.5, 0.6) is 11.5 Å². The van der Waals surface area contributed by atoms with Crippen molar-refractivity contribution in [1.29, 1.82) is 0 Å². The Morgan fingerprint density at radius 1 is 1.15 bits per heavy atom. The van der Waals surface area contributed by atoms with Crippen molar-refractivity contribution >= 4 is 55.2 Å². The van der Waals surface area contributed by atoms with Crippen molar-refractivity contribution in [2.24, 2.45) is 4.99 Å². The van der Waals surface area contributed by atoms with Gasteiger partial charge in [0.05, 0.1) is 22.4 Å². The summed E-state index contributed by atoms with van der Waals surface area (Å²) in [5.74, 6) is 1.74. The van der Waals surface area contributed by atoms with Crippen molar-refractivity contribution in [2.45, 2.75) is 19.9 Å². The van der Waals surface area contributed by atoms with Gasteiger partial charge in [0.1, 0.15) is 17.6 Å². The molecule has 0 saturated heterocycles. The third-order valence-electron chi connectivity index (χ3n) is 6.32. The lowest BCUT2D eigenvalue weighted by Gasteiger charge is -2.22. The molecule has 0 saturated carbocycles. The molecule has 2 aromatic heterocycles. The second-order valence-corrected chi connectivity index (χ2v) is 11.5. The maximum Gasteiger partial charge on any atom is 0.338 e. The second kappa shape index (κ2) is 10.3. The van der Waals surface area contributed by atoms with Gasteiger partial charge in [0.25, 0.3) is 5.56 Å². The molecule has 4 aromatic rings. The van der Waals surface area contributed by atoms with Crippen LogP contribution in [0.25, 0.3) is 17.4 Å². The van der Waals surface area contributed by atoms with Gasteiger partial charge in [0.15, 0.2) is 16.3 Å². The minimum absolute atomic E-state index is 0.148. The van der Waals surface area contributed by atoms with E-state index in [1.54, 1.807) is 26.0 Å². The van der Waals surface area contributed by atoms with Crippen LogP contribution in [0, 0.1) is 0 Å². The van der Waals surface area contributed by atoms with Crippen LogP contribution in [-0.4, -0.2) is 23.9 Å². The van der Waals surface area contributed by atoms with Gasteiger partial charge in [-0.3, -0.25) is 9.36 Å². The van der Waals surface area contributed by atoms with E-state index in [1.807, 2.05) is 42.5 Å². The van der Waals surface area contributed by atoms with E-state index in [2.05, 4.69) is 36.9 Å². The highest BCUT2D eigenvalue weighted by Gasteiger charge is 2.35. The van der Waals surface area contributed by atoms with E-state index in [-0.39, 0.29) is 24.5 Å². The molecule has 2 aliphatic rings. The van der Waals surface area contributed by atoms with Gasteiger partial charge in [0, 0.05) is 14.5 Å². The molecule has 2 aromatic carbocycles. The molecule has 1 atom stereocenters.